The fourth-order valence-electron chi connectivity index (χ4n) is 1.38. The van der Waals surface area contributed by atoms with Crippen molar-refractivity contribution in [1.82, 2.24) is 0 Å². The largest absolute Gasteiger partial charge is 0.477 e. The molecule has 0 bridgehead atoms. The van der Waals surface area contributed by atoms with Crippen LogP contribution in [0.4, 0.5) is 8.78 Å². The first-order chi connectivity index (χ1) is 7.39. The topological polar surface area (TPSA) is 37.3 Å². The summed E-state index contributed by atoms with van der Waals surface area (Å²) in [5, 5.41) is 8.37. The number of carboxylic acid groups (broad SMARTS) is 1. The van der Waals surface area contributed by atoms with E-state index in [0.717, 1.165) is 12.0 Å². The summed E-state index contributed by atoms with van der Waals surface area (Å²) in [5.74, 6) is -5.65. The van der Waals surface area contributed by atoms with Gasteiger partial charge in [-0.15, -0.1) is 0 Å². The molecule has 0 radical (unpaired) electrons. The number of rotatable bonds is 4. The average Bonchev–Trinajstić information content (AvgIpc) is 2.28. The molecule has 0 aliphatic heterocycles. The van der Waals surface area contributed by atoms with Crippen molar-refractivity contribution in [3.05, 3.63) is 35.4 Å². The summed E-state index contributed by atoms with van der Waals surface area (Å²) in [4.78, 5) is 10.3. The van der Waals surface area contributed by atoms with Crippen molar-refractivity contribution in [3.8, 4) is 0 Å². The van der Waals surface area contributed by atoms with Gasteiger partial charge < -0.3 is 5.11 Å². The van der Waals surface area contributed by atoms with Gasteiger partial charge in [0.15, 0.2) is 0 Å². The van der Waals surface area contributed by atoms with Crippen LogP contribution in [0.1, 0.15) is 37.3 Å². The van der Waals surface area contributed by atoms with Gasteiger partial charge in [0.05, 0.1) is 0 Å². The first-order valence-corrected chi connectivity index (χ1v) is 5.11. The molecule has 0 aliphatic carbocycles. The summed E-state index contributed by atoms with van der Waals surface area (Å²) in [5.41, 5.74) is 0.458. The number of benzene rings is 1. The van der Waals surface area contributed by atoms with Crippen molar-refractivity contribution in [2.24, 2.45) is 0 Å². The van der Waals surface area contributed by atoms with Crippen LogP contribution in [0.2, 0.25) is 0 Å². The average molecular weight is 228 g/mol. The van der Waals surface area contributed by atoms with E-state index in [4.69, 9.17) is 5.11 Å². The predicted molar refractivity (Wildman–Crippen MR) is 56.7 cm³/mol. The highest BCUT2D eigenvalue weighted by Crippen LogP contribution is 2.29. The smallest absolute Gasteiger partial charge is 0.379 e. The molecule has 1 N–H and O–H groups in total. The van der Waals surface area contributed by atoms with Gasteiger partial charge in [-0.1, -0.05) is 38.1 Å². The minimum absolute atomic E-state index is 0.285. The van der Waals surface area contributed by atoms with Crippen molar-refractivity contribution in [1.29, 1.82) is 0 Å². The lowest BCUT2D eigenvalue weighted by atomic mass is 9.96. The summed E-state index contributed by atoms with van der Waals surface area (Å²) in [6.45, 7) is 3.99. The minimum atomic E-state index is -3.81. The molecule has 4 heteroatoms. The predicted octanol–water partition coefficient (Wildman–Crippen LogP) is 3.38. The van der Waals surface area contributed by atoms with Gasteiger partial charge in [0.1, 0.15) is 0 Å². The molecular formula is C12H14F2O2. The maximum Gasteiger partial charge on any atom is 0.379 e. The number of alkyl halides is 2. The lowest BCUT2D eigenvalue weighted by Crippen LogP contribution is -2.25. The molecule has 0 aliphatic rings. The molecule has 1 rings (SSSR count). The van der Waals surface area contributed by atoms with E-state index in [-0.39, 0.29) is 5.92 Å². The maximum atomic E-state index is 13.1. The molecule has 0 saturated carbocycles. The molecule has 1 atom stereocenters. The number of aliphatic carboxylic acids is 1. The Morgan fingerprint density at radius 1 is 1.38 bits per heavy atom. The molecule has 1 aromatic rings. The standard InChI is InChI=1S/C12H14F2O2/c1-3-8(2)9-4-6-10(7-5-9)12(13,14)11(15)16/h4-8H,3H2,1-2H3,(H,15,16). The zero-order valence-electron chi connectivity index (χ0n) is 9.21. The quantitative estimate of drug-likeness (QED) is 0.857. The van der Waals surface area contributed by atoms with E-state index in [2.05, 4.69) is 0 Å². The lowest BCUT2D eigenvalue weighted by Gasteiger charge is -2.13. The summed E-state index contributed by atoms with van der Waals surface area (Å²) in [6, 6.07) is 5.46. The zero-order valence-corrected chi connectivity index (χ0v) is 9.21. The molecule has 0 spiro atoms. The Balaban J connectivity index is 2.99. The van der Waals surface area contributed by atoms with Crippen LogP contribution in [-0.2, 0) is 10.7 Å². The summed E-state index contributed by atoms with van der Waals surface area (Å²) in [6.07, 6.45) is 0.911. The summed E-state index contributed by atoms with van der Waals surface area (Å²) < 4.78 is 26.2. The van der Waals surface area contributed by atoms with Gasteiger partial charge in [-0.25, -0.2) is 4.79 Å². The second-order valence-corrected chi connectivity index (χ2v) is 3.81. The Morgan fingerprint density at radius 3 is 2.25 bits per heavy atom. The zero-order chi connectivity index (χ0) is 12.3. The number of carbonyl (C=O) groups is 1. The van der Waals surface area contributed by atoms with Crippen molar-refractivity contribution in [2.75, 3.05) is 0 Å². The molecule has 2 nitrogen and oxygen atoms in total. The van der Waals surface area contributed by atoms with Crippen LogP contribution in [0.15, 0.2) is 24.3 Å². The Hall–Kier alpha value is -1.45. The second kappa shape index (κ2) is 4.60. The Morgan fingerprint density at radius 2 is 1.88 bits per heavy atom. The van der Waals surface area contributed by atoms with Crippen LogP contribution < -0.4 is 0 Å². The van der Waals surface area contributed by atoms with E-state index in [1.54, 1.807) is 12.1 Å². The molecule has 0 fully saturated rings. The minimum Gasteiger partial charge on any atom is -0.477 e. The van der Waals surface area contributed by atoms with E-state index < -0.39 is 17.5 Å². The molecule has 1 aromatic carbocycles. The third-order valence-electron chi connectivity index (χ3n) is 2.72. The van der Waals surface area contributed by atoms with Crippen LogP contribution in [0.3, 0.4) is 0 Å². The summed E-state index contributed by atoms with van der Waals surface area (Å²) >= 11 is 0. The molecular weight excluding hydrogens is 214 g/mol. The first-order valence-electron chi connectivity index (χ1n) is 5.11. The molecule has 88 valence electrons. The number of halogens is 2. The Bertz CT molecular complexity index is 371. The van der Waals surface area contributed by atoms with Gasteiger partial charge in [0, 0.05) is 5.56 Å². The van der Waals surface area contributed by atoms with Gasteiger partial charge in [-0.3, -0.25) is 0 Å². The van der Waals surface area contributed by atoms with Crippen molar-refractivity contribution >= 4 is 5.97 Å². The fraction of sp³-hybridized carbons (Fsp3) is 0.417. The van der Waals surface area contributed by atoms with Crippen molar-refractivity contribution < 1.29 is 18.7 Å². The van der Waals surface area contributed by atoms with Crippen molar-refractivity contribution in [3.63, 3.8) is 0 Å². The Kier molecular flexibility index (Phi) is 3.62. The van der Waals surface area contributed by atoms with E-state index in [1.807, 2.05) is 13.8 Å². The van der Waals surface area contributed by atoms with Crippen LogP contribution in [0.25, 0.3) is 0 Å². The highest BCUT2D eigenvalue weighted by molar-refractivity contribution is 5.77. The van der Waals surface area contributed by atoms with Gasteiger partial charge >= 0.3 is 11.9 Å². The van der Waals surface area contributed by atoms with E-state index in [1.165, 1.54) is 12.1 Å². The Labute approximate surface area is 92.9 Å². The lowest BCUT2D eigenvalue weighted by molar-refractivity contribution is -0.166. The molecule has 0 saturated heterocycles. The normalized spacial score (nSPS) is 13.5. The highest BCUT2D eigenvalue weighted by Gasteiger charge is 2.40. The fourth-order valence-corrected chi connectivity index (χ4v) is 1.38. The third kappa shape index (κ3) is 2.38. The molecule has 16 heavy (non-hydrogen) atoms. The van der Waals surface area contributed by atoms with Crippen LogP contribution in [0.5, 0.6) is 0 Å². The summed E-state index contributed by atoms with van der Waals surface area (Å²) in [7, 11) is 0. The van der Waals surface area contributed by atoms with Gasteiger partial charge in [-0.2, -0.15) is 8.78 Å². The van der Waals surface area contributed by atoms with Crippen LogP contribution in [-0.4, -0.2) is 11.1 Å². The maximum absolute atomic E-state index is 13.1. The number of hydrogen-bond acceptors (Lipinski definition) is 1. The third-order valence-corrected chi connectivity index (χ3v) is 2.72. The van der Waals surface area contributed by atoms with E-state index >= 15 is 0 Å². The SMILES string of the molecule is CCC(C)c1ccc(C(F)(F)C(=O)O)cc1. The first kappa shape index (κ1) is 12.6. The van der Waals surface area contributed by atoms with Crippen LogP contribution >= 0.6 is 0 Å². The monoisotopic (exact) mass is 228 g/mol. The van der Waals surface area contributed by atoms with E-state index in [0.29, 0.717) is 0 Å². The van der Waals surface area contributed by atoms with Gasteiger partial charge in [0.25, 0.3) is 0 Å². The molecule has 0 heterocycles. The van der Waals surface area contributed by atoms with Gasteiger partial charge in [-0.05, 0) is 17.9 Å². The van der Waals surface area contributed by atoms with E-state index in [9.17, 15) is 13.6 Å². The van der Waals surface area contributed by atoms with Crippen molar-refractivity contribution in [2.45, 2.75) is 32.1 Å². The molecule has 1 unspecified atom stereocenters. The van der Waals surface area contributed by atoms with Gasteiger partial charge in [0.2, 0.25) is 0 Å². The highest BCUT2D eigenvalue weighted by atomic mass is 19.3. The molecule has 0 amide bonds. The number of carboxylic acids is 1. The number of hydrogen-bond donors (Lipinski definition) is 1. The van der Waals surface area contributed by atoms with Crippen LogP contribution in [0, 0.1) is 0 Å². The molecule has 0 aromatic heterocycles. The second-order valence-electron chi connectivity index (χ2n) is 3.81.